The first-order valence-electron chi connectivity index (χ1n) is 5.45. The quantitative estimate of drug-likeness (QED) is 0.869. The average molecular weight is 297 g/mol. The maximum absolute atomic E-state index is 10.9. The summed E-state index contributed by atoms with van der Waals surface area (Å²) in [7, 11) is 0. The first kappa shape index (κ1) is 13.7. The molecule has 5 heteroatoms. The zero-order valence-electron chi connectivity index (χ0n) is 9.72. The van der Waals surface area contributed by atoms with E-state index in [1.807, 2.05) is 36.4 Å². The highest BCUT2D eigenvalue weighted by molar-refractivity contribution is 6.56. The zero-order chi connectivity index (χ0) is 13.9. The zero-order valence-corrected chi connectivity index (χ0v) is 11.2. The van der Waals surface area contributed by atoms with Gasteiger partial charge < -0.3 is 9.84 Å². The molecule has 98 valence electrons. The van der Waals surface area contributed by atoms with Crippen LogP contribution >= 0.6 is 23.2 Å². The van der Waals surface area contributed by atoms with E-state index < -0.39 is 10.5 Å². The predicted molar refractivity (Wildman–Crippen MR) is 74.6 cm³/mol. The van der Waals surface area contributed by atoms with Gasteiger partial charge in [0.15, 0.2) is 0 Å². The second kappa shape index (κ2) is 5.51. The summed E-state index contributed by atoms with van der Waals surface area (Å²) in [6.45, 7) is 0. The molecule has 0 spiro atoms. The molecule has 0 bridgehead atoms. The number of benzene rings is 2. The molecular formula is C14H10Cl2O3. The molecule has 0 aliphatic heterocycles. The van der Waals surface area contributed by atoms with Gasteiger partial charge in [-0.2, -0.15) is 0 Å². The smallest absolute Gasteiger partial charge is 0.381 e. The van der Waals surface area contributed by atoms with Crippen molar-refractivity contribution in [2.45, 2.75) is 4.52 Å². The Morgan fingerprint density at radius 3 is 2.21 bits per heavy atom. The minimum atomic E-state index is -2.31. The maximum atomic E-state index is 10.9. The van der Waals surface area contributed by atoms with Crippen LogP contribution in [0.4, 0.5) is 0 Å². The van der Waals surface area contributed by atoms with Gasteiger partial charge in [0.05, 0.1) is 0 Å². The van der Waals surface area contributed by atoms with Crippen LogP contribution in [0.5, 0.6) is 5.75 Å². The van der Waals surface area contributed by atoms with E-state index in [1.54, 1.807) is 18.2 Å². The normalized spacial score (nSPS) is 11.1. The van der Waals surface area contributed by atoms with Crippen molar-refractivity contribution in [1.29, 1.82) is 0 Å². The molecule has 2 aromatic rings. The summed E-state index contributed by atoms with van der Waals surface area (Å²) in [6, 6.07) is 16.3. The van der Waals surface area contributed by atoms with Crippen molar-refractivity contribution in [3.63, 3.8) is 0 Å². The Balaban J connectivity index is 2.40. The van der Waals surface area contributed by atoms with Crippen molar-refractivity contribution in [3.8, 4) is 16.9 Å². The molecule has 0 amide bonds. The lowest BCUT2D eigenvalue weighted by Gasteiger charge is -2.19. The summed E-state index contributed by atoms with van der Waals surface area (Å²) in [5.41, 5.74) is 1.60. The number of hydrogen-bond donors (Lipinski definition) is 1. The van der Waals surface area contributed by atoms with Crippen molar-refractivity contribution in [2.75, 3.05) is 0 Å². The molecule has 0 radical (unpaired) electrons. The topological polar surface area (TPSA) is 46.5 Å². The number of hydrogen-bond acceptors (Lipinski definition) is 2. The molecule has 1 N–H and O–H groups in total. The summed E-state index contributed by atoms with van der Waals surface area (Å²) in [6.07, 6.45) is 0. The van der Waals surface area contributed by atoms with Crippen molar-refractivity contribution >= 4 is 29.2 Å². The molecule has 0 saturated carbocycles. The van der Waals surface area contributed by atoms with Crippen LogP contribution in [-0.4, -0.2) is 15.6 Å². The Labute approximate surface area is 120 Å². The predicted octanol–water partition coefficient (Wildman–Crippen LogP) is 3.95. The Hall–Kier alpha value is -1.71. The largest absolute Gasteiger partial charge is 0.476 e. The second-order valence-corrected chi connectivity index (χ2v) is 5.04. The molecule has 0 aliphatic rings. The highest BCUT2D eigenvalue weighted by Gasteiger charge is 2.37. The van der Waals surface area contributed by atoms with Crippen LogP contribution in [0.1, 0.15) is 0 Å². The fourth-order valence-corrected chi connectivity index (χ4v) is 1.76. The van der Waals surface area contributed by atoms with Crippen LogP contribution in [0.15, 0.2) is 54.6 Å². The third kappa shape index (κ3) is 3.19. The van der Waals surface area contributed by atoms with E-state index in [2.05, 4.69) is 0 Å². The SMILES string of the molecule is O=C(O)C(Cl)(Cl)Oc1ccccc1-c1ccccc1. The van der Waals surface area contributed by atoms with Crippen LogP contribution in [0.3, 0.4) is 0 Å². The number of para-hydroxylation sites is 1. The lowest BCUT2D eigenvalue weighted by Crippen LogP contribution is -2.32. The van der Waals surface area contributed by atoms with Crippen LogP contribution in [-0.2, 0) is 4.79 Å². The van der Waals surface area contributed by atoms with Gasteiger partial charge in [0.25, 0.3) is 0 Å². The number of carboxylic acids is 1. The highest BCUT2D eigenvalue weighted by atomic mass is 35.5. The number of alkyl halides is 2. The van der Waals surface area contributed by atoms with E-state index in [4.69, 9.17) is 33.0 Å². The van der Waals surface area contributed by atoms with E-state index in [9.17, 15) is 4.79 Å². The van der Waals surface area contributed by atoms with Crippen molar-refractivity contribution in [1.82, 2.24) is 0 Å². The Kier molecular flexibility index (Phi) is 3.98. The molecular weight excluding hydrogens is 287 g/mol. The lowest BCUT2D eigenvalue weighted by molar-refractivity contribution is -0.143. The van der Waals surface area contributed by atoms with Gasteiger partial charge in [0, 0.05) is 5.56 Å². The molecule has 19 heavy (non-hydrogen) atoms. The summed E-state index contributed by atoms with van der Waals surface area (Å²) in [5, 5.41) is 8.88. The fraction of sp³-hybridized carbons (Fsp3) is 0.0714. The van der Waals surface area contributed by atoms with Crippen molar-refractivity contribution in [3.05, 3.63) is 54.6 Å². The van der Waals surface area contributed by atoms with Crippen LogP contribution < -0.4 is 4.74 Å². The van der Waals surface area contributed by atoms with E-state index in [1.165, 1.54) is 0 Å². The van der Waals surface area contributed by atoms with Gasteiger partial charge in [-0.25, -0.2) is 4.79 Å². The Morgan fingerprint density at radius 1 is 1.00 bits per heavy atom. The van der Waals surface area contributed by atoms with E-state index >= 15 is 0 Å². The molecule has 2 aromatic carbocycles. The molecule has 0 heterocycles. The highest BCUT2D eigenvalue weighted by Crippen LogP contribution is 2.34. The number of halogens is 2. The minimum Gasteiger partial charge on any atom is -0.476 e. The summed E-state index contributed by atoms with van der Waals surface area (Å²) in [5.74, 6) is -1.15. The van der Waals surface area contributed by atoms with E-state index in [-0.39, 0.29) is 0 Å². The van der Waals surface area contributed by atoms with Gasteiger partial charge in [-0.05, 0) is 34.8 Å². The summed E-state index contributed by atoms with van der Waals surface area (Å²) in [4.78, 5) is 10.9. The first-order valence-corrected chi connectivity index (χ1v) is 6.21. The molecule has 0 saturated heterocycles. The monoisotopic (exact) mass is 296 g/mol. The van der Waals surface area contributed by atoms with Crippen LogP contribution in [0.25, 0.3) is 11.1 Å². The van der Waals surface area contributed by atoms with Crippen LogP contribution in [0, 0.1) is 0 Å². The molecule has 0 aliphatic carbocycles. The molecule has 3 nitrogen and oxygen atoms in total. The fourth-order valence-electron chi connectivity index (χ4n) is 1.59. The minimum absolute atomic E-state index is 0.307. The molecule has 0 atom stereocenters. The lowest BCUT2D eigenvalue weighted by atomic mass is 10.1. The van der Waals surface area contributed by atoms with Gasteiger partial charge >= 0.3 is 10.5 Å². The third-order valence-electron chi connectivity index (χ3n) is 2.46. The standard InChI is InChI=1S/C14H10Cl2O3/c15-14(16,13(17)18)19-12-9-5-4-8-11(12)10-6-2-1-3-7-10/h1-9H,(H,17,18). The van der Waals surface area contributed by atoms with E-state index in [0.717, 1.165) is 11.1 Å². The number of carbonyl (C=O) groups is 1. The number of ether oxygens (including phenoxy) is 1. The van der Waals surface area contributed by atoms with Crippen molar-refractivity contribution < 1.29 is 14.6 Å². The number of rotatable bonds is 4. The first-order chi connectivity index (χ1) is 9.00. The van der Waals surface area contributed by atoms with Gasteiger partial charge in [-0.15, -0.1) is 0 Å². The molecule has 0 unspecified atom stereocenters. The van der Waals surface area contributed by atoms with Gasteiger partial charge in [-0.1, -0.05) is 48.5 Å². The molecule has 0 fully saturated rings. The number of carboxylic acid groups (broad SMARTS) is 1. The Morgan fingerprint density at radius 2 is 1.58 bits per heavy atom. The second-order valence-electron chi connectivity index (χ2n) is 3.79. The molecule has 2 rings (SSSR count). The summed E-state index contributed by atoms with van der Waals surface area (Å²) < 4.78 is 2.87. The summed E-state index contributed by atoms with van der Waals surface area (Å²) >= 11 is 11.2. The third-order valence-corrected chi connectivity index (χ3v) is 2.94. The van der Waals surface area contributed by atoms with Gasteiger partial charge in [0.2, 0.25) is 0 Å². The van der Waals surface area contributed by atoms with E-state index in [0.29, 0.717) is 5.75 Å². The number of aliphatic carboxylic acids is 1. The molecule has 0 aromatic heterocycles. The average Bonchev–Trinajstić information content (AvgIpc) is 2.40. The Bertz CT molecular complexity index is 582. The maximum Gasteiger partial charge on any atom is 0.381 e. The van der Waals surface area contributed by atoms with Gasteiger partial charge in [0.1, 0.15) is 5.75 Å². The van der Waals surface area contributed by atoms with Crippen molar-refractivity contribution in [2.24, 2.45) is 0 Å². The van der Waals surface area contributed by atoms with Crippen LogP contribution in [0.2, 0.25) is 0 Å². The van der Waals surface area contributed by atoms with Gasteiger partial charge in [-0.3, -0.25) is 0 Å².